The molecule has 0 saturated carbocycles. The molecule has 1 aromatic carbocycles. The highest BCUT2D eigenvalue weighted by Gasteiger charge is 2.24. The molecule has 0 aliphatic carbocycles. The second-order valence-corrected chi connectivity index (χ2v) is 6.78. The summed E-state index contributed by atoms with van der Waals surface area (Å²) in [6, 6.07) is 7.99. The number of rotatable bonds is 2. The zero-order valence-corrected chi connectivity index (χ0v) is 10.1. The van der Waals surface area contributed by atoms with Crippen molar-refractivity contribution in [2.75, 3.05) is 7.11 Å². The van der Waals surface area contributed by atoms with Crippen molar-refractivity contribution >= 4 is 13.4 Å². The van der Waals surface area contributed by atoms with Gasteiger partial charge in [0.25, 0.3) is 0 Å². The highest BCUT2D eigenvalue weighted by molar-refractivity contribution is 7.65. The molecule has 1 rings (SSSR count). The number of hydrogen-bond donors (Lipinski definition) is 1. The highest BCUT2D eigenvalue weighted by atomic mass is 31.1. The number of benzene rings is 1. The lowest BCUT2D eigenvalue weighted by Gasteiger charge is -2.28. The third-order valence-electron chi connectivity index (χ3n) is 2.07. The first-order valence-electron chi connectivity index (χ1n) is 4.65. The first-order chi connectivity index (χ1) is 6.46. The molecule has 2 nitrogen and oxygen atoms in total. The first kappa shape index (κ1) is 11.5. The van der Waals surface area contributed by atoms with E-state index in [-0.39, 0.29) is 5.16 Å². The van der Waals surface area contributed by atoms with Gasteiger partial charge in [0.05, 0.1) is 7.11 Å². The van der Waals surface area contributed by atoms with E-state index < -0.39 is 8.07 Å². The van der Waals surface area contributed by atoms with Gasteiger partial charge >= 0.3 is 0 Å². The summed E-state index contributed by atoms with van der Waals surface area (Å²) in [6.07, 6.45) is 0. The zero-order chi connectivity index (χ0) is 10.8. The van der Waals surface area contributed by atoms with Gasteiger partial charge in [0, 0.05) is 5.30 Å². The van der Waals surface area contributed by atoms with Crippen LogP contribution in [0.1, 0.15) is 20.8 Å². The molecule has 0 fully saturated rings. The number of ether oxygens (including phenoxy) is 1. The van der Waals surface area contributed by atoms with Crippen LogP contribution < -0.4 is 15.5 Å². The van der Waals surface area contributed by atoms with Crippen molar-refractivity contribution in [1.82, 2.24) is 0 Å². The number of nitrogens with two attached hydrogens (primary N) is 1. The van der Waals surface area contributed by atoms with Gasteiger partial charge in [-0.05, 0) is 25.4 Å². The Balaban J connectivity index is 3.06. The third-order valence-corrected chi connectivity index (χ3v) is 4.40. The van der Waals surface area contributed by atoms with E-state index in [1.54, 1.807) is 7.11 Å². The average Bonchev–Trinajstić information content (AvgIpc) is 2.15. The molecule has 1 aromatic rings. The topological polar surface area (TPSA) is 35.2 Å². The smallest absolute Gasteiger partial charge is 0.127 e. The van der Waals surface area contributed by atoms with Crippen molar-refractivity contribution in [3.63, 3.8) is 0 Å². The highest BCUT2D eigenvalue weighted by Crippen LogP contribution is 2.43. The quantitative estimate of drug-likeness (QED) is 0.763. The molecule has 0 saturated heterocycles. The molecule has 0 spiro atoms. The van der Waals surface area contributed by atoms with E-state index in [9.17, 15) is 0 Å². The van der Waals surface area contributed by atoms with Crippen molar-refractivity contribution in [3.05, 3.63) is 24.3 Å². The molecule has 1 unspecified atom stereocenters. The Morgan fingerprint density at radius 2 is 1.79 bits per heavy atom. The molecule has 1 atom stereocenters. The van der Waals surface area contributed by atoms with Crippen molar-refractivity contribution in [1.29, 1.82) is 0 Å². The maximum Gasteiger partial charge on any atom is 0.127 e. The summed E-state index contributed by atoms with van der Waals surface area (Å²) < 4.78 is 5.30. The summed E-state index contributed by atoms with van der Waals surface area (Å²) >= 11 is 0. The lowest BCUT2D eigenvalue weighted by molar-refractivity contribution is 0.418. The second-order valence-electron chi connectivity index (χ2n) is 4.21. The third kappa shape index (κ3) is 2.46. The molecule has 78 valence electrons. The number of hydrogen-bond acceptors (Lipinski definition) is 2. The lowest BCUT2D eigenvalue weighted by Crippen LogP contribution is -2.25. The van der Waals surface area contributed by atoms with Crippen LogP contribution in [0.15, 0.2) is 24.3 Å². The standard InChI is InChI=1S/C11H18NOP/c1-11(2,3)14(12)10-8-6-5-7-9(10)13-4/h5-8H,12H2,1-4H3. The number of methoxy groups -OCH3 is 1. The van der Waals surface area contributed by atoms with Gasteiger partial charge in [0.15, 0.2) is 0 Å². The number of para-hydroxylation sites is 1. The summed E-state index contributed by atoms with van der Waals surface area (Å²) in [5, 5.41) is 1.25. The predicted molar refractivity (Wildman–Crippen MR) is 63.5 cm³/mol. The van der Waals surface area contributed by atoms with Crippen LogP contribution >= 0.6 is 8.07 Å². The van der Waals surface area contributed by atoms with Crippen LogP contribution in [0.4, 0.5) is 0 Å². The summed E-state index contributed by atoms with van der Waals surface area (Å²) in [5.41, 5.74) is 6.23. The van der Waals surface area contributed by atoms with E-state index in [1.807, 2.05) is 18.2 Å². The predicted octanol–water partition coefficient (Wildman–Crippen LogP) is 2.47. The minimum absolute atomic E-state index is 0.115. The Hall–Kier alpha value is -0.590. The van der Waals surface area contributed by atoms with Crippen molar-refractivity contribution in [3.8, 4) is 5.75 Å². The van der Waals surface area contributed by atoms with E-state index in [2.05, 4.69) is 26.8 Å². The summed E-state index contributed by atoms with van der Waals surface area (Å²) in [6.45, 7) is 6.47. The monoisotopic (exact) mass is 211 g/mol. The van der Waals surface area contributed by atoms with E-state index in [0.29, 0.717) is 0 Å². The summed E-state index contributed by atoms with van der Waals surface area (Å²) in [4.78, 5) is 0. The molecule has 0 heterocycles. The normalized spacial score (nSPS) is 13.8. The van der Waals surface area contributed by atoms with Crippen molar-refractivity contribution in [2.24, 2.45) is 5.50 Å². The van der Waals surface area contributed by atoms with Crippen LogP contribution in [0.5, 0.6) is 5.75 Å². The summed E-state index contributed by atoms with van der Waals surface area (Å²) in [5.74, 6) is 0.899. The Labute approximate surface area is 87.3 Å². The molecule has 14 heavy (non-hydrogen) atoms. The van der Waals surface area contributed by atoms with E-state index in [4.69, 9.17) is 10.2 Å². The lowest BCUT2D eigenvalue weighted by atomic mass is 10.3. The maximum atomic E-state index is 6.23. The van der Waals surface area contributed by atoms with Crippen LogP contribution in [0.2, 0.25) is 0 Å². The molecule has 0 radical (unpaired) electrons. The molecule has 0 aliphatic rings. The Morgan fingerprint density at radius 3 is 2.29 bits per heavy atom. The van der Waals surface area contributed by atoms with Gasteiger partial charge in [-0.2, -0.15) is 0 Å². The van der Waals surface area contributed by atoms with Gasteiger partial charge in [0.2, 0.25) is 0 Å². The Morgan fingerprint density at radius 1 is 1.21 bits per heavy atom. The minimum atomic E-state index is -0.668. The van der Waals surface area contributed by atoms with E-state index in [0.717, 1.165) is 11.1 Å². The molecule has 0 bridgehead atoms. The Bertz CT molecular complexity index is 306. The van der Waals surface area contributed by atoms with Crippen LogP contribution in [0, 0.1) is 0 Å². The van der Waals surface area contributed by atoms with Gasteiger partial charge in [-0.1, -0.05) is 32.9 Å². The van der Waals surface area contributed by atoms with Crippen LogP contribution in [-0.2, 0) is 0 Å². The maximum absolute atomic E-state index is 6.23. The molecule has 3 heteroatoms. The molecular weight excluding hydrogens is 193 g/mol. The van der Waals surface area contributed by atoms with E-state index >= 15 is 0 Å². The largest absolute Gasteiger partial charge is 0.496 e. The minimum Gasteiger partial charge on any atom is -0.496 e. The van der Waals surface area contributed by atoms with Crippen molar-refractivity contribution < 1.29 is 4.74 Å². The SMILES string of the molecule is COc1ccccc1P(N)C(C)(C)C. The van der Waals surface area contributed by atoms with Crippen molar-refractivity contribution in [2.45, 2.75) is 25.9 Å². The molecule has 0 aliphatic heterocycles. The molecule has 0 aromatic heterocycles. The first-order valence-corrected chi connectivity index (χ1v) is 6.06. The zero-order valence-electron chi connectivity index (χ0n) is 9.24. The van der Waals surface area contributed by atoms with E-state index in [1.165, 1.54) is 0 Å². The van der Waals surface area contributed by atoms with Gasteiger partial charge in [-0.25, -0.2) is 0 Å². The molecule has 2 N–H and O–H groups in total. The van der Waals surface area contributed by atoms with Gasteiger partial charge in [0.1, 0.15) is 5.75 Å². The van der Waals surface area contributed by atoms with Gasteiger partial charge in [-0.3, -0.25) is 0 Å². The van der Waals surface area contributed by atoms with Gasteiger partial charge in [-0.15, -0.1) is 0 Å². The van der Waals surface area contributed by atoms with Crippen LogP contribution in [-0.4, -0.2) is 12.3 Å². The van der Waals surface area contributed by atoms with Crippen LogP contribution in [0.25, 0.3) is 0 Å². The fourth-order valence-corrected chi connectivity index (χ4v) is 2.56. The fraction of sp³-hybridized carbons (Fsp3) is 0.455. The van der Waals surface area contributed by atoms with Gasteiger partial charge < -0.3 is 10.2 Å². The van der Waals surface area contributed by atoms with Crippen LogP contribution in [0.3, 0.4) is 0 Å². The average molecular weight is 211 g/mol. The molecule has 0 amide bonds. The summed E-state index contributed by atoms with van der Waals surface area (Å²) in [7, 11) is 1.02. The molecular formula is C11H18NOP. The fourth-order valence-electron chi connectivity index (χ4n) is 1.19. The second kappa shape index (κ2) is 4.29. The Kier molecular flexibility index (Phi) is 3.52.